The summed E-state index contributed by atoms with van der Waals surface area (Å²) in [5.41, 5.74) is -0.723. The molecule has 0 aliphatic rings. The Bertz CT molecular complexity index is 407. The number of halogens is 2. The lowest BCUT2D eigenvalue weighted by atomic mass is 10.1. The van der Waals surface area contributed by atoms with Crippen LogP contribution in [0.1, 0.15) is 24.2 Å². The number of rotatable bonds is 3. The van der Waals surface area contributed by atoms with Gasteiger partial charge in [-0.2, -0.15) is 0 Å². The van der Waals surface area contributed by atoms with Crippen molar-refractivity contribution >= 4 is 17.5 Å². The molecule has 0 atom stereocenters. The number of phenolic OH excluding ortho intramolecular Hbond substituents is 1. The number of carbonyl (C=O) groups is 1. The molecule has 0 heterocycles. The minimum absolute atomic E-state index is 0.115. The van der Waals surface area contributed by atoms with E-state index in [9.17, 15) is 9.18 Å². The van der Waals surface area contributed by atoms with Gasteiger partial charge in [0.2, 0.25) is 0 Å². The Labute approximate surface area is 98.2 Å². The average molecular weight is 246 g/mol. The number of alkyl halides is 1. The predicted octanol–water partition coefficient (Wildman–Crippen LogP) is 2.28. The molecule has 3 nitrogen and oxygen atoms in total. The summed E-state index contributed by atoms with van der Waals surface area (Å²) in [6.45, 7) is 3.46. The van der Waals surface area contributed by atoms with Crippen LogP contribution >= 0.6 is 11.6 Å². The highest BCUT2D eigenvalue weighted by Gasteiger charge is 2.21. The smallest absolute Gasteiger partial charge is 0.254 e. The fourth-order valence-electron chi connectivity index (χ4n) is 1.10. The van der Waals surface area contributed by atoms with Crippen LogP contribution in [0.25, 0.3) is 0 Å². The van der Waals surface area contributed by atoms with Crippen molar-refractivity contribution in [3.63, 3.8) is 0 Å². The standard InChI is InChI=1S/C11H13ClFNO2/c1-11(2,6-12)14-10(16)8-4-3-7(15)5-9(8)13/h3-5,15H,6H2,1-2H3,(H,14,16). The maximum atomic E-state index is 13.3. The van der Waals surface area contributed by atoms with Crippen LogP contribution in [0.15, 0.2) is 18.2 Å². The van der Waals surface area contributed by atoms with Crippen LogP contribution in [0.3, 0.4) is 0 Å². The van der Waals surface area contributed by atoms with Gasteiger partial charge in [0.05, 0.1) is 5.56 Å². The molecule has 5 heteroatoms. The molecule has 1 amide bonds. The maximum Gasteiger partial charge on any atom is 0.254 e. The highest BCUT2D eigenvalue weighted by Crippen LogP contribution is 2.16. The molecule has 16 heavy (non-hydrogen) atoms. The molecule has 1 rings (SSSR count). The lowest BCUT2D eigenvalue weighted by molar-refractivity contribution is 0.0916. The fourth-order valence-corrected chi connectivity index (χ4v) is 1.16. The molecular formula is C11H13ClFNO2. The molecule has 1 aromatic rings. The number of amides is 1. The number of aromatic hydroxyl groups is 1. The van der Waals surface area contributed by atoms with Gasteiger partial charge in [0, 0.05) is 17.5 Å². The van der Waals surface area contributed by atoms with Gasteiger partial charge >= 0.3 is 0 Å². The van der Waals surface area contributed by atoms with E-state index in [4.69, 9.17) is 16.7 Å². The molecule has 88 valence electrons. The first-order valence-corrected chi connectivity index (χ1v) is 5.26. The summed E-state index contributed by atoms with van der Waals surface area (Å²) in [6.07, 6.45) is 0. The van der Waals surface area contributed by atoms with E-state index in [1.54, 1.807) is 13.8 Å². The Hall–Kier alpha value is -1.29. The molecule has 1 aromatic carbocycles. The van der Waals surface area contributed by atoms with Crippen molar-refractivity contribution in [3.05, 3.63) is 29.6 Å². The third kappa shape index (κ3) is 3.10. The Morgan fingerprint density at radius 2 is 2.19 bits per heavy atom. The first-order chi connectivity index (χ1) is 7.35. The number of hydrogen-bond acceptors (Lipinski definition) is 2. The Kier molecular flexibility index (Phi) is 3.75. The van der Waals surface area contributed by atoms with Gasteiger partial charge in [-0.15, -0.1) is 11.6 Å². The number of nitrogens with one attached hydrogen (secondary N) is 1. The molecule has 0 saturated heterocycles. The zero-order chi connectivity index (χ0) is 12.3. The number of hydrogen-bond donors (Lipinski definition) is 2. The third-order valence-corrected chi connectivity index (χ3v) is 2.65. The van der Waals surface area contributed by atoms with Gasteiger partial charge in [-0.3, -0.25) is 4.79 Å². The first kappa shape index (κ1) is 12.8. The highest BCUT2D eigenvalue weighted by molar-refractivity contribution is 6.18. The topological polar surface area (TPSA) is 49.3 Å². The van der Waals surface area contributed by atoms with Crippen LogP contribution in [-0.2, 0) is 0 Å². The molecule has 0 aliphatic heterocycles. The summed E-state index contributed by atoms with van der Waals surface area (Å²) < 4.78 is 13.3. The van der Waals surface area contributed by atoms with E-state index in [0.717, 1.165) is 6.07 Å². The van der Waals surface area contributed by atoms with E-state index >= 15 is 0 Å². The van der Waals surface area contributed by atoms with Gasteiger partial charge in [0.15, 0.2) is 0 Å². The monoisotopic (exact) mass is 245 g/mol. The Morgan fingerprint density at radius 3 is 2.69 bits per heavy atom. The predicted molar refractivity (Wildman–Crippen MR) is 60.3 cm³/mol. The quantitative estimate of drug-likeness (QED) is 0.803. The van der Waals surface area contributed by atoms with Crippen LogP contribution in [0.2, 0.25) is 0 Å². The van der Waals surface area contributed by atoms with E-state index in [1.165, 1.54) is 12.1 Å². The summed E-state index contributed by atoms with van der Waals surface area (Å²) in [5, 5.41) is 11.6. The molecule has 0 fully saturated rings. The number of benzene rings is 1. The average Bonchev–Trinajstić information content (AvgIpc) is 2.16. The Morgan fingerprint density at radius 1 is 1.56 bits per heavy atom. The van der Waals surface area contributed by atoms with E-state index in [0.29, 0.717) is 0 Å². The van der Waals surface area contributed by atoms with Crippen LogP contribution in [0.4, 0.5) is 4.39 Å². The normalized spacial score (nSPS) is 11.2. The summed E-state index contributed by atoms with van der Waals surface area (Å²) in [7, 11) is 0. The molecule has 0 unspecified atom stereocenters. The van der Waals surface area contributed by atoms with Gasteiger partial charge in [-0.25, -0.2) is 4.39 Å². The van der Waals surface area contributed by atoms with Crippen molar-refractivity contribution in [1.82, 2.24) is 5.32 Å². The van der Waals surface area contributed by atoms with Gasteiger partial charge in [-0.05, 0) is 26.0 Å². The number of carbonyl (C=O) groups excluding carboxylic acids is 1. The van der Waals surface area contributed by atoms with Gasteiger partial charge in [0.25, 0.3) is 5.91 Å². The van der Waals surface area contributed by atoms with Crippen LogP contribution < -0.4 is 5.32 Å². The second-order valence-corrected chi connectivity index (χ2v) is 4.40. The lowest BCUT2D eigenvalue weighted by Gasteiger charge is -2.23. The van der Waals surface area contributed by atoms with Crippen LogP contribution in [0, 0.1) is 5.82 Å². The van der Waals surface area contributed by atoms with Gasteiger partial charge in [0.1, 0.15) is 11.6 Å². The van der Waals surface area contributed by atoms with Gasteiger partial charge in [-0.1, -0.05) is 0 Å². The first-order valence-electron chi connectivity index (χ1n) is 4.73. The summed E-state index contributed by atoms with van der Waals surface area (Å²) >= 11 is 5.64. The van der Waals surface area contributed by atoms with Crippen LogP contribution in [-0.4, -0.2) is 22.4 Å². The number of phenols is 1. The second-order valence-electron chi connectivity index (χ2n) is 4.14. The molecular weight excluding hydrogens is 233 g/mol. The minimum Gasteiger partial charge on any atom is -0.508 e. The van der Waals surface area contributed by atoms with E-state index < -0.39 is 17.3 Å². The molecule has 2 N–H and O–H groups in total. The molecule has 0 spiro atoms. The molecule has 0 bridgehead atoms. The third-order valence-electron chi connectivity index (χ3n) is 1.98. The molecule has 0 aliphatic carbocycles. The molecule has 0 radical (unpaired) electrons. The summed E-state index contributed by atoms with van der Waals surface area (Å²) in [6, 6.07) is 3.37. The van der Waals surface area contributed by atoms with E-state index in [1.807, 2.05) is 0 Å². The summed E-state index contributed by atoms with van der Waals surface area (Å²) in [4.78, 5) is 11.7. The zero-order valence-electron chi connectivity index (χ0n) is 9.05. The van der Waals surface area contributed by atoms with Gasteiger partial charge < -0.3 is 10.4 Å². The highest BCUT2D eigenvalue weighted by atomic mass is 35.5. The fraction of sp³-hybridized carbons (Fsp3) is 0.364. The summed E-state index contributed by atoms with van der Waals surface area (Å²) in [5.74, 6) is -1.31. The largest absolute Gasteiger partial charge is 0.508 e. The molecule has 0 saturated carbocycles. The Balaban J connectivity index is 2.89. The molecule has 0 aromatic heterocycles. The zero-order valence-corrected chi connectivity index (χ0v) is 9.81. The maximum absolute atomic E-state index is 13.3. The van der Waals surface area contributed by atoms with Crippen LogP contribution in [0.5, 0.6) is 5.75 Å². The van der Waals surface area contributed by atoms with E-state index in [2.05, 4.69) is 5.32 Å². The van der Waals surface area contributed by atoms with Crippen molar-refractivity contribution in [2.24, 2.45) is 0 Å². The van der Waals surface area contributed by atoms with Crippen molar-refractivity contribution in [2.75, 3.05) is 5.88 Å². The van der Waals surface area contributed by atoms with Crippen molar-refractivity contribution in [3.8, 4) is 5.75 Å². The van der Waals surface area contributed by atoms with Crippen molar-refractivity contribution < 1.29 is 14.3 Å². The van der Waals surface area contributed by atoms with E-state index in [-0.39, 0.29) is 17.2 Å². The SMILES string of the molecule is CC(C)(CCl)NC(=O)c1ccc(O)cc1F. The minimum atomic E-state index is -0.761. The lowest BCUT2D eigenvalue weighted by Crippen LogP contribution is -2.45. The van der Waals surface area contributed by atoms with Crippen molar-refractivity contribution in [1.29, 1.82) is 0 Å². The second kappa shape index (κ2) is 4.70. The van der Waals surface area contributed by atoms with Crippen molar-refractivity contribution in [2.45, 2.75) is 19.4 Å².